The SMILES string of the molecule is CC(C)N1CCN(CC2(N)CCOC2)CC1. The fourth-order valence-corrected chi connectivity index (χ4v) is 2.63. The maximum Gasteiger partial charge on any atom is 0.0659 e. The van der Waals surface area contributed by atoms with Crippen LogP contribution in [0.1, 0.15) is 20.3 Å². The number of ether oxygens (including phenoxy) is 1. The molecule has 1 unspecified atom stereocenters. The Morgan fingerprint density at radius 1 is 1.25 bits per heavy atom. The van der Waals surface area contributed by atoms with Gasteiger partial charge in [-0.15, -0.1) is 0 Å². The molecule has 2 saturated heterocycles. The second kappa shape index (κ2) is 5.00. The summed E-state index contributed by atoms with van der Waals surface area (Å²) in [4.78, 5) is 5.03. The normalized spacial score (nSPS) is 33.8. The maximum atomic E-state index is 6.30. The standard InChI is InChI=1S/C12H25N3O/c1-11(2)15-6-4-14(5-7-15)9-12(13)3-8-16-10-12/h11H,3-10,13H2,1-2H3. The van der Waals surface area contributed by atoms with Gasteiger partial charge in [0.1, 0.15) is 0 Å². The van der Waals surface area contributed by atoms with Crippen molar-refractivity contribution in [1.82, 2.24) is 9.80 Å². The third-order valence-corrected chi connectivity index (χ3v) is 3.81. The molecular weight excluding hydrogens is 202 g/mol. The topological polar surface area (TPSA) is 41.7 Å². The van der Waals surface area contributed by atoms with Crippen molar-refractivity contribution in [2.75, 3.05) is 45.9 Å². The quantitative estimate of drug-likeness (QED) is 0.744. The molecule has 0 spiro atoms. The molecule has 0 aromatic carbocycles. The molecule has 4 heteroatoms. The highest BCUT2D eigenvalue weighted by atomic mass is 16.5. The Morgan fingerprint density at radius 3 is 2.44 bits per heavy atom. The van der Waals surface area contributed by atoms with Crippen molar-refractivity contribution in [3.63, 3.8) is 0 Å². The van der Waals surface area contributed by atoms with Gasteiger partial charge in [-0.2, -0.15) is 0 Å². The Morgan fingerprint density at radius 2 is 1.94 bits per heavy atom. The van der Waals surface area contributed by atoms with Crippen LogP contribution in [0.2, 0.25) is 0 Å². The second-order valence-corrected chi connectivity index (χ2v) is 5.57. The summed E-state index contributed by atoms with van der Waals surface area (Å²) in [7, 11) is 0. The van der Waals surface area contributed by atoms with Crippen molar-refractivity contribution in [2.45, 2.75) is 31.8 Å². The van der Waals surface area contributed by atoms with Gasteiger partial charge in [-0.1, -0.05) is 0 Å². The average Bonchev–Trinajstić information content (AvgIpc) is 2.65. The van der Waals surface area contributed by atoms with Crippen molar-refractivity contribution >= 4 is 0 Å². The van der Waals surface area contributed by atoms with Crippen LogP contribution in [0.15, 0.2) is 0 Å². The van der Waals surface area contributed by atoms with Gasteiger partial charge in [0.05, 0.1) is 12.1 Å². The molecule has 0 aromatic heterocycles. The van der Waals surface area contributed by atoms with Gasteiger partial charge in [-0.05, 0) is 20.3 Å². The summed E-state index contributed by atoms with van der Waals surface area (Å²) in [5.74, 6) is 0. The van der Waals surface area contributed by atoms with E-state index in [0.717, 1.165) is 39.3 Å². The molecule has 0 amide bonds. The van der Waals surface area contributed by atoms with Crippen LogP contribution in [0.25, 0.3) is 0 Å². The molecule has 2 N–H and O–H groups in total. The third kappa shape index (κ3) is 2.94. The summed E-state index contributed by atoms with van der Waals surface area (Å²) in [6.45, 7) is 11.8. The van der Waals surface area contributed by atoms with Crippen LogP contribution >= 0.6 is 0 Å². The van der Waals surface area contributed by atoms with E-state index in [0.29, 0.717) is 6.04 Å². The van der Waals surface area contributed by atoms with Crippen molar-refractivity contribution in [1.29, 1.82) is 0 Å². The van der Waals surface area contributed by atoms with Crippen LogP contribution in [-0.4, -0.2) is 67.3 Å². The highest BCUT2D eigenvalue weighted by molar-refractivity contribution is 4.92. The summed E-state index contributed by atoms with van der Waals surface area (Å²) in [6.07, 6.45) is 1.01. The van der Waals surface area contributed by atoms with E-state index >= 15 is 0 Å². The Bertz CT molecular complexity index is 218. The number of rotatable bonds is 3. The summed E-state index contributed by atoms with van der Waals surface area (Å²) >= 11 is 0. The molecule has 0 radical (unpaired) electrons. The fourth-order valence-electron chi connectivity index (χ4n) is 2.63. The van der Waals surface area contributed by atoms with E-state index < -0.39 is 0 Å². The van der Waals surface area contributed by atoms with Gasteiger partial charge in [0.25, 0.3) is 0 Å². The Hall–Kier alpha value is -0.160. The minimum Gasteiger partial charge on any atom is -0.379 e. The first kappa shape index (κ1) is 12.3. The van der Waals surface area contributed by atoms with Crippen LogP contribution in [0, 0.1) is 0 Å². The lowest BCUT2D eigenvalue weighted by Gasteiger charge is -2.39. The first-order valence-corrected chi connectivity index (χ1v) is 6.42. The van der Waals surface area contributed by atoms with Gasteiger partial charge in [0.2, 0.25) is 0 Å². The molecule has 2 aliphatic rings. The first-order chi connectivity index (χ1) is 7.59. The molecule has 0 saturated carbocycles. The molecule has 0 bridgehead atoms. The van der Waals surface area contributed by atoms with Gasteiger partial charge >= 0.3 is 0 Å². The maximum absolute atomic E-state index is 6.30. The Balaban J connectivity index is 1.76. The van der Waals surface area contributed by atoms with Crippen LogP contribution in [0.3, 0.4) is 0 Å². The molecular formula is C12H25N3O. The smallest absolute Gasteiger partial charge is 0.0659 e. The zero-order valence-corrected chi connectivity index (χ0v) is 10.6. The van der Waals surface area contributed by atoms with E-state index in [1.165, 1.54) is 13.1 Å². The number of nitrogens with zero attached hydrogens (tertiary/aromatic N) is 2. The summed E-state index contributed by atoms with van der Waals surface area (Å²) < 4.78 is 5.40. The van der Waals surface area contributed by atoms with Crippen LogP contribution in [-0.2, 0) is 4.74 Å². The van der Waals surface area contributed by atoms with E-state index in [2.05, 4.69) is 23.6 Å². The van der Waals surface area contributed by atoms with E-state index in [1.807, 2.05) is 0 Å². The monoisotopic (exact) mass is 227 g/mol. The van der Waals surface area contributed by atoms with Gasteiger partial charge in [0, 0.05) is 45.4 Å². The predicted molar refractivity (Wildman–Crippen MR) is 65.5 cm³/mol. The first-order valence-electron chi connectivity index (χ1n) is 6.42. The number of nitrogens with two attached hydrogens (primary N) is 1. The largest absolute Gasteiger partial charge is 0.379 e. The van der Waals surface area contributed by atoms with Crippen molar-refractivity contribution in [3.8, 4) is 0 Å². The predicted octanol–water partition coefficient (Wildman–Crippen LogP) is 0.130. The average molecular weight is 227 g/mol. The summed E-state index contributed by atoms with van der Waals surface area (Å²) in [6, 6.07) is 0.670. The fraction of sp³-hybridized carbons (Fsp3) is 1.00. The number of hydrogen-bond donors (Lipinski definition) is 1. The van der Waals surface area contributed by atoms with E-state index in [1.54, 1.807) is 0 Å². The van der Waals surface area contributed by atoms with Crippen molar-refractivity contribution in [2.24, 2.45) is 5.73 Å². The zero-order valence-electron chi connectivity index (χ0n) is 10.6. The third-order valence-electron chi connectivity index (χ3n) is 3.81. The van der Waals surface area contributed by atoms with Gasteiger partial charge in [-0.25, -0.2) is 0 Å². The van der Waals surface area contributed by atoms with Gasteiger partial charge in [-0.3, -0.25) is 9.80 Å². The number of hydrogen-bond acceptors (Lipinski definition) is 4. The van der Waals surface area contributed by atoms with E-state index in [4.69, 9.17) is 10.5 Å². The second-order valence-electron chi connectivity index (χ2n) is 5.57. The lowest BCUT2D eigenvalue weighted by molar-refractivity contribution is 0.0856. The molecule has 94 valence electrons. The van der Waals surface area contributed by atoms with E-state index in [-0.39, 0.29) is 5.54 Å². The van der Waals surface area contributed by atoms with Gasteiger partial charge < -0.3 is 10.5 Å². The molecule has 1 atom stereocenters. The van der Waals surface area contributed by atoms with E-state index in [9.17, 15) is 0 Å². The van der Waals surface area contributed by atoms with Crippen LogP contribution < -0.4 is 5.73 Å². The molecule has 2 heterocycles. The molecule has 2 fully saturated rings. The molecule has 2 rings (SSSR count). The Kier molecular flexibility index (Phi) is 3.85. The van der Waals surface area contributed by atoms with Crippen molar-refractivity contribution in [3.05, 3.63) is 0 Å². The molecule has 2 aliphatic heterocycles. The molecule has 16 heavy (non-hydrogen) atoms. The molecule has 0 aliphatic carbocycles. The van der Waals surface area contributed by atoms with Crippen LogP contribution in [0.4, 0.5) is 0 Å². The number of piperazine rings is 1. The minimum atomic E-state index is -0.0833. The lowest BCUT2D eigenvalue weighted by atomic mass is 9.99. The molecule has 4 nitrogen and oxygen atoms in total. The Labute approximate surface area is 98.7 Å². The van der Waals surface area contributed by atoms with Crippen molar-refractivity contribution < 1.29 is 4.74 Å². The highest BCUT2D eigenvalue weighted by Crippen LogP contribution is 2.18. The lowest BCUT2D eigenvalue weighted by Crippen LogP contribution is -2.56. The summed E-state index contributed by atoms with van der Waals surface area (Å²) in [5, 5.41) is 0. The zero-order chi connectivity index (χ0) is 11.6. The molecule has 0 aromatic rings. The minimum absolute atomic E-state index is 0.0833. The summed E-state index contributed by atoms with van der Waals surface area (Å²) in [5.41, 5.74) is 6.22. The highest BCUT2D eigenvalue weighted by Gasteiger charge is 2.33. The van der Waals surface area contributed by atoms with Crippen LogP contribution in [0.5, 0.6) is 0 Å². The van der Waals surface area contributed by atoms with Gasteiger partial charge in [0.15, 0.2) is 0 Å².